The van der Waals surface area contributed by atoms with E-state index in [2.05, 4.69) is 31.6 Å². The lowest BCUT2D eigenvalue weighted by Gasteiger charge is -2.27. The molecule has 0 aliphatic rings. The van der Waals surface area contributed by atoms with Gasteiger partial charge in [0.25, 0.3) is 0 Å². The number of amides is 6. The maximum Gasteiger partial charge on any atom is 0.326 e. The molecule has 0 rings (SSSR count). The third kappa shape index (κ3) is 19.3. The molecule has 16 N–H and O–H groups in total. The summed E-state index contributed by atoms with van der Waals surface area (Å²) in [5.41, 5.74) is 21.3. The minimum atomic E-state index is -1.59. The standard InChI is InChI=1S/C28H48N10O12/c1-13(2)22(26(48)36-16(7-10-21(43)44)24(46)37-17(27(49)50)6-8-18(30)39)38-25(47)15(4-3-11-33-28(31)32)35-19(40)12-34-23(45)14(29)5-9-20(41)42/h13-17,22H,3-12,29H2,1-2H3,(H2,30,39)(H,34,45)(H,35,40)(H,36,48)(H,37,46)(H,38,47)(H,41,42)(H,43,44)(H,49,50)(H4,31,32,33)/t14-,15-,16-,17-,22-/m0/s1. The minimum absolute atomic E-state index is 0.0572. The molecule has 0 aliphatic heterocycles. The Kier molecular flexibility index (Phi) is 20.4. The Hall–Kier alpha value is -5.54. The van der Waals surface area contributed by atoms with Crippen LogP contribution in [0.25, 0.3) is 0 Å². The average Bonchev–Trinajstić information content (AvgIpc) is 3.01. The maximum absolute atomic E-state index is 13.4. The van der Waals surface area contributed by atoms with Crippen LogP contribution in [-0.4, -0.2) is 118 Å². The van der Waals surface area contributed by atoms with E-state index in [4.69, 9.17) is 33.1 Å². The molecule has 0 spiro atoms. The first kappa shape index (κ1) is 44.5. The summed E-state index contributed by atoms with van der Waals surface area (Å²) in [6, 6.07) is -7.05. The molecule has 22 heteroatoms. The summed E-state index contributed by atoms with van der Waals surface area (Å²) in [7, 11) is 0. The van der Waals surface area contributed by atoms with E-state index in [1.54, 1.807) is 0 Å². The number of guanidine groups is 1. The Morgan fingerprint density at radius 2 is 1.16 bits per heavy atom. The molecule has 0 fully saturated rings. The zero-order valence-electron chi connectivity index (χ0n) is 27.8. The van der Waals surface area contributed by atoms with Crippen LogP contribution in [0.2, 0.25) is 0 Å². The fourth-order valence-corrected chi connectivity index (χ4v) is 4.13. The van der Waals surface area contributed by atoms with Crippen LogP contribution in [0, 0.1) is 5.92 Å². The van der Waals surface area contributed by atoms with Gasteiger partial charge in [-0.05, 0) is 38.0 Å². The fraction of sp³-hybridized carbons (Fsp3) is 0.643. The molecule has 50 heavy (non-hydrogen) atoms. The summed E-state index contributed by atoms with van der Waals surface area (Å²) in [6.45, 7) is 2.50. The molecule has 282 valence electrons. The molecule has 0 heterocycles. The molecule has 0 saturated carbocycles. The number of hydrogen-bond donors (Lipinski definition) is 12. The van der Waals surface area contributed by atoms with E-state index in [0.717, 1.165) is 0 Å². The van der Waals surface area contributed by atoms with Gasteiger partial charge in [0.2, 0.25) is 35.4 Å². The Balaban J connectivity index is 5.89. The van der Waals surface area contributed by atoms with Crippen molar-refractivity contribution in [1.82, 2.24) is 26.6 Å². The number of carbonyl (C=O) groups is 9. The number of hydrogen-bond acceptors (Lipinski definition) is 11. The Bertz CT molecular complexity index is 1270. The number of carbonyl (C=O) groups excluding carboxylic acids is 6. The summed E-state index contributed by atoms with van der Waals surface area (Å²) in [6.07, 6.45) is -2.30. The van der Waals surface area contributed by atoms with Gasteiger partial charge in [0.05, 0.1) is 12.6 Å². The van der Waals surface area contributed by atoms with Crippen LogP contribution in [0.4, 0.5) is 0 Å². The van der Waals surface area contributed by atoms with Gasteiger partial charge in [-0.25, -0.2) is 4.79 Å². The van der Waals surface area contributed by atoms with Gasteiger partial charge < -0.3 is 64.8 Å². The first-order valence-electron chi connectivity index (χ1n) is 15.5. The van der Waals surface area contributed by atoms with Gasteiger partial charge in [-0.15, -0.1) is 0 Å². The van der Waals surface area contributed by atoms with Crippen molar-refractivity contribution < 1.29 is 58.5 Å². The van der Waals surface area contributed by atoms with Crippen molar-refractivity contribution >= 4 is 59.3 Å². The molecule has 0 aromatic carbocycles. The summed E-state index contributed by atoms with van der Waals surface area (Å²) in [5.74, 6) is -10.2. The monoisotopic (exact) mass is 716 g/mol. The van der Waals surface area contributed by atoms with E-state index in [0.29, 0.717) is 0 Å². The number of nitrogens with zero attached hydrogens (tertiary/aromatic N) is 1. The third-order valence-corrected chi connectivity index (χ3v) is 6.85. The molecule has 22 nitrogen and oxygen atoms in total. The highest BCUT2D eigenvalue weighted by Gasteiger charge is 2.33. The molecule has 0 bridgehead atoms. The normalized spacial score (nSPS) is 13.7. The molecular formula is C28H48N10O12. The Morgan fingerprint density at radius 1 is 0.640 bits per heavy atom. The number of rotatable bonds is 25. The van der Waals surface area contributed by atoms with Crippen LogP contribution < -0.4 is 49.5 Å². The highest BCUT2D eigenvalue weighted by molar-refractivity contribution is 5.96. The number of nitrogens with two attached hydrogens (primary N) is 4. The smallest absolute Gasteiger partial charge is 0.326 e. The number of primary amides is 1. The molecule has 0 aromatic rings. The fourth-order valence-electron chi connectivity index (χ4n) is 4.13. The Labute approximate surface area is 286 Å². The highest BCUT2D eigenvalue weighted by atomic mass is 16.4. The lowest BCUT2D eigenvalue weighted by atomic mass is 10.0. The number of carboxylic acids is 3. The summed E-state index contributed by atoms with van der Waals surface area (Å²) >= 11 is 0. The second-order valence-corrected chi connectivity index (χ2v) is 11.5. The van der Waals surface area contributed by atoms with Crippen LogP contribution in [0.15, 0.2) is 4.99 Å². The van der Waals surface area contributed by atoms with Gasteiger partial charge in [0.1, 0.15) is 24.2 Å². The van der Waals surface area contributed by atoms with E-state index >= 15 is 0 Å². The van der Waals surface area contributed by atoms with Crippen LogP contribution in [0.5, 0.6) is 0 Å². The molecule has 5 atom stereocenters. The van der Waals surface area contributed by atoms with Crippen molar-refractivity contribution in [3.63, 3.8) is 0 Å². The molecule has 0 unspecified atom stereocenters. The van der Waals surface area contributed by atoms with Crippen molar-refractivity contribution in [2.45, 2.75) is 95.4 Å². The molecular weight excluding hydrogens is 668 g/mol. The SMILES string of the molecule is CC(C)[C@H](NC(=O)[C@H](CCCN=C(N)N)NC(=O)CNC(=O)[C@@H](N)CCC(=O)O)C(=O)N[C@@H](CCC(=O)O)C(=O)N[C@@H](CCC(N)=O)C(=O)O. The number of carboxylic acid groups (broad SMARTS) is 3. The maximum atomic E-state index is 13.4. The van der Waals surface area contributed by atoms with Crippen molar-refractivity contribution in [2.75, 3.05) is 13.1 Å². The van der Waals surface area contributed by atoms with E-state index in [-0.39, 0.29) is 51.0 Å². The van der Waals surface area contributed by atoms with E-state index < -0.39 is 109 Å². The highest BCUT2D eigenvalue weighted by Crippen LogP contribution is 2.08. The van der Waals surface area contributed by atoms with Crippen LogP contribution in [-0.2, 0) is 43.2 Å². The van der Waals surface area contributed by atoms with Crippen molar-refractivity contribution in [3.8, 4) is 0 Å². The number of aliphatic carboxylic acids is 3. The van der Waals surface area contributed by atoms with Gasteiger partial charge in [-0.1, -0.05) is 13.8 Å². The van der Waals surface area contributed by atoms with E-state index in [1.807, 2.05) is 0 Å². The number of nitrogens with one attached hydrogen (secondary N) is 5. The molecule has 0 radical (unpaired) electrons. The molecule has 0 saturated heterocycles. The van der Waals surface area contributed by atoms with Crippen LogP contribution in [0.3, 0.4) is 0 Å². The lowest BCUT2D eigenvalue weighted by molar-refractivity contribution is -0.143. The summed E-state index contributed by atoms with van der Waals surface area (Å²) in [4.78, 5) is 113. The van der Waals surface area contributed by atoms with Crippen LogP contribution >= 0.6 is 0 Å². The van der Waals surface area contributed by atoms with Crippen molar-refractivity contribution in [3.05, 3.63) is 0 Å². The average molecular weight is 717 g/mol. The first-order valence-corrected chi connectivity index (χ1v) is 15.5. The predicted octanol–water partition coefficient (Wildman–Crippen LogP) is -4.84. The third-order valence-electron chi connectivity index (χ3n) is 6.85. The zero-order valence-corrected chi connectivity index (χ0v) is 27.8. The molecule has 0 aromatic heterocycles. The molecule has 0 aliphatic carbocycles. The minimum Gasteiger partial charge on any atom is -0.481 e. The van der Waals surface area contributed by atoms with Crippen molar-refractivity contribution in [1.29, 1.82) is 0 Å². The topological polar surface area (TPSA) is 391 Å². The summed E-state index contributed by atoms with van der Waals surface area (Å²) < 4.78 is 0. The van der Waals surface area contributed by atoms with E-state index in [9.17, 15) is 48.3 Å². The van der Waals surface area contributed by atoms with Gasteiger partial charge in [0, 0.05) is 25.8 Å². The predicted molar refractivity (Wildman–Crippen MR) is 173 cm³/mol. The summed E-state index contributed by atoms with van der Waals surface area (Å²) in [5, 5.41) is 38.9. The Morgan fingerprint density at radius 3 is 1.68 bits per heavy atom. The first-order chi connectivity index (χ1) is 23.2. The quantitative estimate of drug-likeness (QED) is 0.0239. The second kappa shape index (κ2) is 22.9. The van der Waals surface area contributed by atoms with E-state index in [1.165, 1.54) is 13.8 Å². The van der Waals surface area contributed by atoms with Gasteiger partial charge in [-0.3, -0.25) is 43.3 Å². The van der Waals surface area contributed by atoms with Gasteiger partial charge in [-0.2, -0.15) is 0 Å². The zero-order chi connectivity index (χ0) is 38.6. The lowest BCUT2D eigenvalue weighted by Crippen LogP contribution is -2.59. The largest absolute Gasteiger partial charge is 0.481 e. The van der Waals surface area contributed by atoms with Gasteiger partial charge >= 0.3 is 17.9 Å². The second-order valence-electron chi connectivity index (χ2n) is 11.5. The number of aliphatic imine (C=N–C) groups is 1. The van der Waals surface area contributed by atoms with Gasteiger partial charge in [0.15, 0.2) is 5.96 Å². The molecule has 6 amide bonds. The van der Waals surface area contributed by atoms with Crippen LogP contribution in [0.1, 0.15) is 65.2 Å². The van der Waals surface area contributed by atoms with Crippen molar-refractivity contribution in [2.24, 2.45) is 33.8 Å².